The van der Waals surface area contributed by atoms with Crippen LogP contribution in [0.3, 0.4) is 0 Å². The van der Waals surface area contributed by atoms with Crippen LogP contribution in [0.15, 0.2) is 94.2 Å². The van der Waals surface area contributed by atoms with Gasteiger partial charge in [-0.2, -0.15) is 9.28 Å². The Bertz CT molecular complexity index is 1420. The maximum Gasteiger partial charge on any atom is 0.520 e. The summed E-state index contributed by atoms with van der Waals surface area (Å²) in [7, 11) is -0.659. The number of nitrogens with zero attached hydrogens (tertiary/aromatic N) is 2. The number of ether oxygens (including phenoxy) is 1. The van der Waals surface area contributed by atoms with Crippen molar-refractivity contribution < 1.29 is 22.4 Å². The lowest BCUT2D eigenvalue weighted by Gasteiger charge is -2.28. The van der Waals surface area contributed by atoms with Gasteiger partial charge in [0.05, 0.1) is 25.5 Å². The Morgan fingerprint density at radius 3 is 2.11 bits per heavy atom. The van der Waals surface area contributed by atoms with Crippen LogP contribution >= 0.6 is 0 Å². The minimum atomic E-state index is -3.81. The third-order valence-corrected chi connectivity index (χ3v) is 6.77. The molecule has 9 heteroatoms. The summed E-state index contributed by atoms with van der Waals surface area (Å²) in [6, 6.07) is 25.1. The summed E-state index contributed by atoms with van der Waals surface area (Å²) in [4.78, 5) is 17.5. The lowest BCUT2D eigenvalue weighted by Crippen LogP contribution is -2.51. The van der Waals surface area contributed by atoms with Crippen LogP contribution < -0.4 is 9.62 Å². The van der Waals surface area contributed by atoms with Gasteiger partial charge in [-0.3, -0.25) is 0 Å². The first-order valence-electron chi connectivity index (χ1n) is 10.9. The third-order valence-electron chi connectivity index (χ3n) is 5.84. The molecule has 1 aromatic heterocycles. The molecule has 1 atom stereocenters. The van der Waals surface area contributed by atoms with Crippen molar-refractivity contribution in [2.45, 2.75) is 11.3 Å². The minimum absolute atomic E-state index is 0.0141. The number of sulfonamides is 1. The Balaban J connectivity index is 1.71. The zero-order valence-corrected chi connectivity index (χ0v) is 20.2. The first-order chi connectivity index (χ1) is 16.7. The number of oxazole rings is 1. The maximum atomic E-state index is 12.7. The van der Waals surface area contributed by atoms with Gasteiger partial charge in [0, 0.05) is 11.1 Å². The van der Waals surface area contributed by atoms with Crippen LogP contribution in [-0.2, 0) is 21.2 Å². The van der Waals surface area contributed by atoms with Crippen LogP contribution in [0, 0.1) is 0 Å². The number of hydrogen-bond acceptors (Lipinski definition) is 6. The van der Waals surface area contributed by atoms with Gasteiger partial charge in [-0.15, -0.1) is 0 Å². The van der Waals surface area contributed by atoms with E-state index >= 15 is 0 Å². The number of carbonyl (C=O) groups is 1. The Labute approximate surface area is 204 Å². The SMILES string of the molecule is COC(=O)[N+](C)(CCc1nc(-c2ccc(S(N)(=O)=O)cc2)c(-c2ccccc2)o1)c1ccccc1. The second kappa shape index (κ2) is 9.83. The molecule has 1 amide bonds. The van der Waals surface area contributed by atoms with Gasteiger partial charge in [-0.05, 0) is 24.3 Å². The quantitative estimate of drug-likeness (QED) is 0.377. The van der Waals surface area contributed by atoms with Crippen LogP contribution in [-0.4, -0.2) is 40.2 Å². The van der Waals surface area contributed by atoms with Gasteiger partial charge in [-0.1, -0.05) is 60.7 Å². The molecule has 0 saturated carbocycles. The Morgan fingerprint density at radius 2 is 1.54 bits per heavy atom. The van der Waals surface area contributed by atoms with Gasteiger partial charge >= 0.3 is 6.09 Å². The van der Waals surface area contributed by atoms with E-state index in [2.05, 4.69) is 0 Å². The van der Waals surface area contributed by atoms with E-state index in [4.69, 9.17) is 19.3 Å². The Morgan fingerprint density at radius 1 is 0.943 bits per heavy atom. The molecule has 0 bridgehead atoms. The van der Waals surface area contributed by atoms with Crippen LogP contribution in [0.1, 0.15) is 5.89 Å². The standard InChI is InChI=1S/C26H26N3O5S/c1-29(26(30)33-2,21-11-7-4-8-12-21)18-17-23-28-24(25(34-23)20-9-5-3-6-10-20)19-13-15-22(16-14-19)35(27,31)32/h3-16H,17-18H2,1-2H3,(H2,27,31,32)/q+1. The molecule has 8 nitrogen and oxygen atoms in total. The van der Waals surface area contributed by atoms with E-state index in [-0.39, 0.29) is 9.38 Å². The van der Waals surface area contributed by atoms with E-state index in [1.807, 2.05) is 60.7 Å². The van der Waals surface area contributed by atoms with Crippen molar-refractivity contribution in [1.29, 1.82) is 0 Å². The molecule has 0 fully saturated rings. The number of hydrogen-bond donors (Lipinski definition) is 1. The number of para-hydroxylation sites is 1. The van der Waals surface area contributed by atoms with E-state index in [0.717, 1.165) is 11.3 Å². The average molecular weight is 493 g/mol. The molecule has 0 aliphatic carbocycles. The number of benzene rings is 3. The molecule has 0 radical (unpaired) electrons. The first-order valence-corrected chi connectivity index (χ1v) is 12.4. The number of nitrogens with two attached hydrogens (primary N) is 1. The summed E-state index contributed by atoms with van der Waals surface area (Å²) in [5.74, 6) is 0.995. The highest BCUT2D eigenvalue weighted by molar-refractivity contribution is 7.89. The van der Waals surface area contributed by atoms with Gasteiger partial charge in [0.15, 0.2) is 5.76 Å². The predicted octanol–water partition coefficient (Wildman–Crippen LogP) is 4.60. The van der Waals surface area contributed by atoms with Crippen LogP contribution in [0.2, 0.25) is 0 Å². The van der Waals surface area contributed by atoms with Gasteiger partial charge in [0.1, 0.15) is 17.9 Å². The topological polar surface area (TPSA) is 112 Å². The highest BCUT2D eigenvalue weighted by Gasteiger charge is 2.36. The van der Waals surface area contributed by atoms with Crippen LogP contribution in [0.4, 0.5) is 10.5 Å². The van der Waals surface area contributed by atoms with Crippen molar-refractivity contribution in [1.82, 2.24) is 9.47 Å². The highest BCUT2D eigenvalue weighted by atomic mass is 32.2. The zero-order valence-electron chi connectivity index (χ0n) is 19.4. The fourth-order valence-electron chi connectivity index (χ4n) is 3.86. The maximum absolute atomic E-state index is 12.7. The lowest BCUT2D eigenvalue weighted by molar-refractivity contribution is 0.134. The van der Waals surface area contributed by atoms with Gasteiger partial charge in [0.25, 0.3) is 0 Å². The Kier molecular flexibility index (Phi) is 6.83. The van der Waals surface area contributed by atoms with Gasteiger partial charge < -0.3 is 9.15 Å². The molecule has 0 saturated heterocycles. The van der Waals surface area contributed by atoms with Crippen LogP contribution in [0.25, 0.3) is 22.6 Å². The van der Waals surface area contributed by atoms with Crippen molar-refractivity contribution in [3.8, 4) is 22.6 Å². The highest BCUT2D eigenvalue weighted by Crippen LogP contribution is 2.34. The van der Waals surface area contributed by atoms with E-state index in [1.165, 1.54) is 19.2 Å². The van der Waals surface area contributed by atoms with Crippen molar-refractivity contribution in [3.05, 3.63) is 90.8 Å². The summed E-state index contributed by atoms with van der Waals surface area (Å²) in [5, 5.41) is 5.23. The zero-order chi connectivity index (χ0) is 25.1. The number of primary sulfonamides is 1. The second-order valence-corrected chi connectivity index (χ2v) is 9.75. The third kappa shape index (κ3) is 5.17. The molecule has 0 aliphatic rings. The molecule has 0 spiro atoms. The lowest BCUT2D eigenvalue weighted by atomic mass is 10.1. The number of quaternary nitrogens is 1. The first kappa shape index (κ1) is 24.3. The molecule has 180 valence electrons. The summed E-state index contributed by atoms with van der Waals surface area (Å²) in [5.41, 5.74) is 2.86. The van der Waals surface area contributed by atoms with Crippen molar-refractivity contribution in [2.75, 3.05) is 20.7 Å². The summed E-state index contributed by atoms with van der Waals surface area (Å²) >= 11 is 0. The smallest absolute Gasteiger partial charge is 0.440 e. The largest absolute Gasteiger partial charge is 0.520 e. The fourth-order valence-corrected chi connectivity index (χ4v) is 4.37. The summed E-state index contributed by atoms with van der Waals surface area (Å²) in [6.07, 6.45) is -0.0416. The van der Waals surface area contributed by atoms with E-state index < -0.39 is 16.1 Å². The molecule has 4 aromatic rings. The van der Waals surface area contributed by atoms with E-state index in [9.17, 15) is 13.2 Å². The minimum Gasteiger partial charge on any atom is -0.440 e. The van der Waals surface area contributed by atoms with Crippen molar-refractivity contribution in [3.63, 3.8) is 0 Å². The summed E-state index contributed by atoms with van der Waals surface area (Å²) in [6.45, 7) is 0.356. The normalized spacial score (nSPS) is 13.2. The number of aromatic nitrogens is 1. The Hall–Kier alpha value is -3.79. The molecule has 35 heavy (non-hydrogen) atoms. The van der Waals surface area contributed by atoms with Crippen LogP contribution in [0.5, 0.6) is 0 Å². The molecule has 1 unspecified atom stereocenters. The number of amides is 1. The number of likely N-dealkylation sites (N-methyl/N-ethyl adjacent to an activating group) is 1. The second-order valence-electron chi connectivity index (χ2n) is 8.19. The number of carbonyl (C=O) groups excluding carboxylic acids is 1. The van der Waals surface area contributed by atoms with Crippen molar-refractivity contribution >= 4 is 21.8 Å². The number of rotatable bonds is 7. The molecular weight excluding hydrogens is 466 g/mol. The molecule has 4 rings (SSSR count). The van der Waals surface area contributed by atoms with E-state index in [1.54, 1.807) is 19.2 Å². The van der Waals surface area contributed by atoms with E-state index in [0.29, 0.717) is 35.9 Å². The van der Waals surface area contributed by atoms with Crippen molar-refractivity contribution in [2.24, 2.45) is 5.14 Å². The summed E-state index contributed by atoms with van der Waals surface area (Å²) < 4.78 is 34.5. The fraction of sp³-hybridized carbons (Fsp3) is 0.154. The molecule has 0 aliphatic heterocycles. The van der Waals surface area contributed by atoms with Gasteiger partial charge in [0.2, 0.25) is 15.9 Å². The van der Waals surface area contributed by atoms with Gasteiger partial charge in [-0.25, -0.2) is 18.5 Å². The predicted molar refractivity (Wildman–Crippen MR) is 134 cm³/mol. The number of methoxy groups -OCH3 is 1. The monoisotopic (exact) mass is 492 g/mol. The molecule has 3 aromatic carbocycles. The molecule has 2 N–H and O–H groups in total. The molecular formula is C26H26N3O5S+. The average Bonchev–Trinajstić information content (AvgIpc) is 3.32. The molecule has 1 heterocycles.